The Morgan fingerprint density at radius 3 is 2.85 bits per heavy atom. The van der Waals surface area contributed by atoms with Gasteiger partial charge in [-0.15, -0.1) is 0 Å². The first-order valence-corrected chi connectivity index (χ1v) is 3.99. The molecule has 0 bridgehead atoms. The topological polar surface area (TPSA) is 60.0 Å². The smallest absolute Gasteiger partial charge is 0.193 e. The van der Waals surface area contributed by atoms with E-state index in [0.717, 1.165) is 11.4 Å². The molecular formula is C8H11N3O2. The maximum Gasteiger partial charge on any atom is 0.193 e. The Morgan fingerprint density at radius 2 is 2.15 bits per heavy atom. The normalized spacial score (nSPS) is 18.6. The van der Waals surface area contributed by atoms with Crippen LogP contribution in [0.1, 0.15) is 11.4 Å². The molecule has 0 spiro atoms. The number of nitrogens with one attached hydrogen (secondary N) is 1. The second-order valence-corrected chi connectivity index (χ2v) is 2.89. The molecule has 0 radical (unpaired) electrons. The highest BCUT2D eigenvalue weighted by molar-refractivity contribution is 5.51. The first kappa shape index (κ1) is 8.40. The van der Waals surface area contributed by atoms with Gasteiger partial charge in [-0.1, -0.05) is 0 Å². The van der Waals surface area contributed by atoms with Crippen molar-refractivity contribution in [1.82, 2.24) is 15.4 Å². The molecule has 1 aliphatic carbocycles. The molecule has 1 N–H and O–H groups in total. The first-order chi connectivity index (χ1) is 6.29. The maximum absolute atomic E-state index is 5.26. The lowest BCUT2D eigenvalue weighted by atomic mass is 10.0. The molecule has 13 heavy (non-hydrogen) atoms. The Bertz CT molecular complexity index is 328. The summed E-state index contributed by atoms with van der Waals surface area (Å²) in [5.41, 5.74) is 1.72. The first-order valence-electron chi connectivity index (χ1n) is 3.99. The van der Waals surface area contributed by atoms with Crippen LogP contribution >= 0.6 is 0 Å². The van der Waals surface area contributed by atoms with E-state index in [-0.39, 0.29) is 0 Å². The van der Waals surface area contributed by atoms with E-state index in [0.29, 0.717) is 6.42 Å². The quantitative estimate of drug-likeness (QED) is 0.669. The van der Waals surface area contributed by atoms with E-state index in [1.165, 1.54) is 0 Å². The number of fused-ring (bicyclic) bond motifs is 1. The van der Waals surface area contributed by atoms with Crippen molar-refractivity contribution < 1.29 is 9.47 Å². The molecule has 0 fully saturated rings. The maximum atomic E-state index is 5.26. The second kappa shape index (κ2) is 2.93. The van der Waals surface area contributed by atoms with Gasteiger partial charge in [0.25, 0.3) is 0 Å². The monoisotopic (exact) mass is 181 g/mol. The molecule has 70 valence electrons. The number of aromatic nitrogens is 3. The van der Waals surface area contributed by atoms with Crippen LogP contribution in [0.3, 0.4) is 0 Å². The number of aromatic amines is 1. The fourth-order valence-electron chi connectivity index (χ4n) is 1.39. The van der Waals surface area contributed by atoms with Crippen molar-refractivity contribution in [3.05, 3.63) is 17.5 Å². The third-order valence-electron chi connectivity index (χ3n) is 2.25. The minimum atomic E-state index is -0.677. The summed E-state index contributed by atoms with van der Waals surface area (Å²) in [6.07, 6.45) is 4.27. The molecule has 5 heteroatoms. The predicted octanol–water partition coefficient (Wildman–Crippen LogP) is 0.363. The van der Waals surface area contributed by atoms with Crippen molar-refractivity contribution in [3.8, 4) is 0 Å². The van der Waals surface area contributed by atoms with E-state index in [1.807, 2.05) is 12.2 Å². The van der Waals surface area contributed by atoms with Gasteiger partial charge < -0.3 is 9.47 Å². The summed E-state index contributed by atoms with van der Waals surface area (Å²) >= 11 is 0. The molecule has 1 heterocycles. The summed E-state index contributed by atoms with van der Waals surface area (Å²) in [5.74, 6) is -0.677. The molecule has 0 unspecified atom stereocenters. The molecular weight excluding hydrogens is 170 g/mol. The minimum absolute atomic E-state index is 0.586. The van der Waals surface area contributed by atoms with Gasteiger partial charge in [0.05, 0.1) is 12.1 Å². The lowest BCUT2D eigenvalue weighted by Crippen LogP contribution is -2.35. The highest BCUT2D eigenvalue weighted by Crippen LogP contribution is 2.26. The average molecular weight is 181 g/mol. The third-order valence-corrected chi connectivity index (χ3v) is 2.25. The standard InChI is InChI=1S/C8H11N3O2/c1-12-8(13-2)4-3-6-7(5-8)10-11-9-6/h3-4H,5H2,1-2H3,(H,9,10,11). The molecule has 0 saturated carbocycles. The van der Waals surface area contributed by atoms with Gasteiger partial charge in [0.15, 0.2) is 5.79 Å². The van der Waals surface area contributed by atoms with Gasteiger partial charge in [-0.2, -0.15) is 15.4 Å². The summed E-state index contributed by atoms with van der Waals surface area (Å²) in [7, 11) is 3.22. The van der Waals surface area contributed by atoms with Gasteiger partial charge in [-0.05, 0) is 12.2 Å². The van der Waals surface area contributed by atoms with Crippen LogP contribution in [0.2, 0.25) is 0 Å². The zero-order chi connectivity index (χ0) is 9.31. The number of hydrogen-bond acceptors (Lipinski definition) is 4. The van der Waals surface area contributed by atoms with E-state index in [9.17, 15) is 0 Å². The molecule has 0 aliphatic heterocycles. The van der Waals surface area contributed by atoms with E-state index in [1.54, 1.807) is 14.2 Å². The Kier molecular flexibility index (Phi) is 1.90. The number of ether oxygens (including phenoxy) is 2. The van der Waals surface area contributed by atoms with Crippen LogP contribution in [-0.2, 0) is 15.9 Å². The predicted molar refractivity (Wildman–Crippen MR) is 45.9 cm³/mol. The van der Waals surface area contributed by atoms with E-state index < -0.39 is 5.79 Å². The van der Waals surface area contributed by atoms with Crippen molar-refractivity contribution in [2.75, 3.05) is 14.2 Å². The zero-order valence-electron chi connectivity index (χ0n) is 7.57. The van der Waals surface area contributed by atoms with Crippen LogP contribution in [-0.4, -0.2) is 35.4 Å². The number of nitrogens with zero attached hydrogens (tertiary/aromatic N) is 2. The van der Waals surface area contributed by atoms with E-state index in [4.69, 9.17) is 9.47 Å². The Hall–Kier alpha value is -1.20. The summed E-state index contributed by atoms with van der Waals surface area (Å²) in [6.45, 7) is 0. The van der Waals surface area contributed by atoms with Gasteiger partial charge in [-0.25, -0.2) is 0 Å². The molecule has 1 aliphatic rings. The molecule has 5 nitrogen and oxygen atoms in total. The van der Waals surface area contributed by atoms with Crippen LogP contribution in [0.5, 0.6) is 0 Å². The fraction of sp³-hybridized carbons (Fsp3) is 0.500. The van der Waals surface area contributed by atoms with Crippen molar-refractivity contribution in [2.24, 2.45) is 0 Å². The minimum Gasteiger partial charge on any atom is -0.349 e. The highest BCUT2D eigenvalue weighted by atomic mass is 16.7. The fourth-order valence-corrected chi connectivity index (χ4v) is 1.39. The van der Waals surface area contributed by atoms with Crippen LogP contribution in [0.15, 0.2) is 6.08 Å². The van der Waals surface area contributed by atoms with E-state index >= 15 is 0 Å². The van der Waals surface area contributed by atoms with Gasteiger partial charge in [0.1, 0.15) is 5.69 Å². The zero-order valence-corrected chi connectivity index (χ0v) is 7.57. The largest absolute Gasteiger partial charge is 0.349 e. The van der Waals surface area contributed by atoms with Crippen molar-refractivity contribution in [2.45, 2.75) is 12.2 Å². The van der Waals surface area contributed by atoms with Crippen LogP contribution < -0.4 is 0 Å². The number of H-pyrrole nitrogens is 1. The molecule has 0 saturated heterocycles. The van der Waals surface area contributed by atoms with Crippen LogP contribution in [0.25, 0.3) is 6.08 Å². The summed E-state index contributed by atoms with van der Waals surface area (Å²) in [6, 6.07) is 0. The number of rotatable bonds is 2. The van der Waals surface area contributed by atoms with Gasteiger partial charge in [-0.3, -0.25) is 0 Å². The SMILES string of the molecule is COC1(OC)C=Cc2n[nH]nc2C1. The van der Waals surface area contributed by atoms with Crippen molar-refractivity contribution in [1.29, 1.82) is 0 Å². The van der Waals surface area contributed by atoms with Crippen LogP contribution in [0.4, 0.5) is 0 Å². The lowest BCUT2D eigenvalue weighted by Gasteiger charge is -2.28. The molecule has 0 aromatic carbocycles. The molecule has 0 amide bonds. The summed E-state index contributed by atoms with van der Waals surface area (Å²) < 4.78 is 10.5. The molecule has 2 rings (SSSR count). The number of methoxy groups -OCH3 is 2. The Labute approximate surface area is 75.7 Å². The molecule has 1 aromatic heterocycles. The van der Waals surface area contributed by atoms with Gasteiger partial charge in [0, 0.05) is 14.2 Å². The van der Waals surface area contributed by atoms with Crippen molar-refractivity contribution >= 4 is 6.08 Å². The van der Waals surface area contributed by atoms with E-state index in [2.05, 4.69) is 15.4 Å². The second-order valence-electron chi connectivity index (χ2n) is 2.89. The summed E-state index contributed by atoms with van der Waals surface area (Å²) in [5, 5.41) is 10.5. The Morgan fingerprint density at radius 1 is 1.38 bits per heavy atom. The van der Waals surface area contributed by atoms with Gasteiger partial charge in [0.2, 0.25) is 0 Å². The lowest BCUT2D eigenvalue weighted by molar-refractivity contribution is -0.169. The Balaban J connectivity index is 2.33. The number of hydrogen-bond donors (Lipinski definition) is 1. The van der Waals surface area contributed by atoms with Crippen molar-refractivity contribution in [3.63, 3.8) is 0 Å². The average Bonchev–Trinajstić information content (AvgIpc) is 2.64. The van der Waals surface area contributed by atoms with Gasteiger partial charge >= 0.3 is 0 Å². The third kappa shape index (κ3) is 1.26. The highest BCUT2D eigenvalue weighted by Gasteiger charge is 2.32. The van der Waals surface area contributed by atoms with Crippen LogP contribution in [0, 0.1) is 0 Å². The molecule has 1 aromatic rings. The summed E-state index contributed by atoms with van der Waals surface area (Å²) in [4.78, 5) is 0. The molecule has 0 atom stereocenters.